The molecule has 1 unspecified atom stereocenters. The van der Waals surface area contributed by atoms with Gasteiger partial charge in [-0.15, -0.1) is 0 Å². The number of rotatable bonds is 3. The van der Waals surface area contributed by atoms with Crippen molar-refractivity contribution in [1.29, 1.82) is 0 Å². The summed E-state index contributed by atoms with van der Waals surface area (Å²) in [5.74, 6) is -0.233. The minimum absolute atomic E-state index is 0.233. The summed E-state index contributed by atoms with van der Waals surface area (Å²) in [6, 6.07) is 3.08. The lowest BCUT2D eigenvalue weighted by molar-refractivity contribution is 0.610. The Labute approximate surface area is 129 Å². The third-order valence-electron chi connectivity index (χ3n) is 3.59. The molecule has 2 aromatic rings. The fourth-order valence-electron chi connectivity index (χ4n) is 2.00. The van der Waals surface area contributed by atoms with Crippen molar-refractivity contribution in [2.24, 2.45) is 5.73 Å². The number of hydrogen-bond donors (Lipinski definition) is 1. The molecule has 0 aliphatic heterocycles. The zero-order valence-corrected chi connectivity index (χ0v) is 13.8. The first-order valence-electron chi connectivity index (χ1n) is 6.85. The monoisotopic (exact) mass is 305 g/mol. The smallest absolute Gasteiger partial charge is 0.192 e. The molecular weight excluding hydrogens is 285 g/mol. The van der Waals surface area contributed by atoms with Crippen LogP contribution >= 0.6 is 11.8 Å². The number of aromatic nitrogens is 2. The predicted molar refractivity (Wildman–Crippen MR) is 84.1 cm³/mol. The Hall–Kier alpha value is -1.46. The van der Waals surface area contributed by atoms with Crippen molar-refractivity contribution in [3.63, 3.8) is 0 Å². The predicted octanol–water partition coefficient (Wildman–Crippen LogP) is 4.02. The maximum Gasteiger partial charge on any atom is 0.192 e. The molecule has 2 N–H and O–H groups in total. The Morgan fingerprint density at radius 2 is 1.67 bits per heavy atom. The van der Waals surface area contributed by atoms with Gasteiger partial charge in [0.1, 0.15) is 5.82 Å². The SMILES string of the molecule is Cc1cc(Sc2nc(C)c(C)c(C)n2)c(C(C)N)cc1F. The van der Waals surface area contributed by atoms with Gasteiger partial charge in [0, 0.05) is 22.3 Å². The van der Waals surface area contributed by atoms with E-state index in [-0.39, 0.29) is 11.9 Å². The first-order valence-corrected chi connectivity index (χ1v) is 7.66. The molecule has 0 aliphatic rings. The number of nitrogens with two attached hydrogens (primary N) is 1. The molecule has 0 fully saturated rings. The van der Waals surface area contributed by atoms with Crippen molar-refractivity contribution < 1.29 is 4.39 Å². The van der Waals surface area contributed by atoms with Gasteiger partial charge in [0.05, 0.1) is 0 Å². The second kappa shape index (κ2) is 6.12. The third-order valence-corrected chi connectivity index (χ3v) is 4.53. The van der Waals surface area contributed by atoms with Crippen molar-refractivity contribution in [2.75, 3.05) is 0 Å². The van der Waals surface area contributed by atoms with E-state index in [1.54, 1.807) is 6.92 Å². The minimum atomic E-state index is -0.241. The molecule has 1 atom stereocenters. The van der Waals surface area contributed by atoms with E-state index in [0.29, 0.717) is 10.7 Å². The standard InChI is InChI=1S/C16H20FN3S/c1-8-6-15(13(10(3)18)7-14(8)17)21-16-19-11(4)9(2)12(5)20-16/h6-7,10H,18H2,1-5H3. The number of halogens is 1. The molecule has 0 bridgehead atoms. The molecule has 0 spiro atoms. The van der Waals surface area contributed by atoms with Crippen molar-refractivity contribution in [3.8, 4) is 0 Å². The van der Waals surface area contributed by atoms with Gasteiger partial charge in [-0.2, -0.15) is 0 Å². The zero-order valence-electron chi connectivity index (χ0n) is 13.0. The first kappa shape index (κ1) is 15.9. The highest BCUT2D eigenvalue weighted by Gasteiger charge is 2.14. The molecule has 112 valence electrons. The van der Waals surface area contributed by atoms with E-state index in [1.807, 2.05) is 33.8 Å². The van der Waals surface area contributed by atoms with Crippen LogP contribution < -0.4 is 5.73 Å². The summed E-state index contributed by atoms with van der Waals surface area (Å²) < 4.78 is 13.7. The molecule has 0 amide bonds. The summed E-state index contributed by atoms with van der Waals surface area (Å²) in [7, 11) is 0. The van der Waals surface area contributed by atoms with Crippen LogP contribution in [0.1, 0.15) is 41.0 Å². The van der Waals surface area contributed by atoms with Crippen LogP contribution in [0.5, 0.6) is 0 Å². The Morgan fingerprint density at radius 3 is 2.19 bits per heavy atom. The maximum atomic E-state index is 13.7. The summed E-state index contributed by atoms with van der Waals surface area (Å²) in [6.45, 7) is 9.54. The van der Waals surface area contributed by atoms with Gasteiger partial charge in [0.15, 0.2) is 5.16 Å². The molecule has 1 aromatic heterocycles. The van der Waals surface area contributed by atoms with Crippen LogP contribution in [0.3, 0.4) is 0 Å². The van der Waals surface area contributed by atoms with Gasteiger partial charge in [-0.05, 0) is 75.2 Å². The van der Waals surface area contributed by atoms with Crippen molar-refractivity contribution >= 4 is 11.8 Å². The molecule has 0 radical (unpaired) electrons. The molecule has 21 heavy (non-hydrogen) atoms. The second-order valence-electron chi connectivity index (χ2n) is 5.33. The van der Waals surface area contributed by atoms with E-state index in [1.165, 1.54) is 17.8 Å². The van der Waals surface area contributed by atoms with E-state index in [0.717, 1.165) is 27.4 Å². The van der Waals surface area contributed by atoms with Gasteiger partial charge in [-0.1, -0.05) is 0 Å². The van der Waals surface area contributed by atoms with E-state index in [9.17, 15) is 4.39 Å². The van der Waals surface area contributed by atoms with Crippen LogP contribution in [0.4, 0.5) is 4.39 Å². The quantitative estimate of drug-likeness (QED) is 0.870. The Balaban J connectivity index is 2.46. The van der Waals surface area contributed by atoms with E-state index >= 15 is 0 Å². The average Bonchev–Trinajstić information content (AvgIpc) is 2.39. The number of aryl methyl sites for hydroxylation is 3. The molecular formula is C16H20FN3S. The van der Waals surface area contributed by atoms with Gasteiger partial charge in [0.2, 0.25) is 0 Å². The van der Waals surface area contributed by atoms with Crippen molar-refractivity contribution in [1.82, 2.24) is 9.97 Å². The molecule has 5 heteroatoms. The van der Waals surface area contributed by atoms with Crippen molar-refractivity contribution in [3.05, 3.63) is 46.0 Å². The largest absolute Gasteiger partial charge is 0.324 e. The fraction of sp³-hybridized carbons (Fsp3) is 0.375. The van der Waals surface area contributed by atoms with Gasteiger partial charge < -0.3 is 5.73 Å². The highest BCUT2D eigenvalue weighted by molar-refractivity contribution is 7.99. The second-order valence-corrected chi connectivity index (χ2v) is 6.34. The fourth-order valence-corrected chi connectivity index (χ4v) is 3.16. The van der Waals surface area contributed by atoms with Crippen LogP contribution in [0, 0.1) is 33.5 Å². The topological polar surface area (TPSA) is 51.8 Å². The number of nitrogens with zero attached hydrogens (tertiary/aromatic N) is 2. The maximum absolute atomic E-state index is 13.7. The summed E-state index contributed by atoms with van der Waals surface area (Å²) in [4.78, 5) is 9.91. The summed E-state index contributed by atoms with van der Waals surface area (Å²) in [5, 5.41) is 0.670. The van der Waals surface area contributed by atoms with Crippen LogP contribution in [-0.2, 0) is 0 Å². The van der Waals surface area contributed by atoms with Gasteiger partial charge >= 0.3 is 0 Å². The minimum Gasteiger partial charge on any atom is -0.324 e. The number of hydrogen-bond acceptors (Lipinski definition) is 4. The zero-order chi connectivity index (χ0) is 15.7. The molecule has 1 aromatic carbocycles. The van der Waals surface area contributed by atoms with E-state index < -0.39 is 0 Å². The third kappa shape index (κ3) is 3.41. The molecule has 0 saturated heterocycles. The average molecular weight is 305 g/mol. The van der Waals surface area contributed by atoms with Crippen molar-refractivity contribution in [2.45, 2.75) is 50.7 Å². The molecule has 2 rings (SSSR count). The summed E-state index contributed by atoms with van der Waals surface area (Å²) >= 11 is 1.43. The van der Waals surface area contributed by atoms with Crippen LogP contribution in [-0.4, -0.2) is 9.97 Å². The molecule has 0 saturated carbocycles. The van der Waals surface area contributed by atoms with E-state index in [4.69, 9.17) is 5.73 Å². The highest BCUT2D eigenvalue weighted by Crippen LogP contribution is 2.33. The summed E-state index contributed by atoms with van der Waals surface area (Å²) in [5.41, 5.74) is 10.4. The van der Waals surface area contributed by atoms with Crippen LogP contribution in [0.2, 0.25) is 0 Å². The Kier molecular flexibility index (Phi) is 4.64. The summed E-state index contributed by atoms with van der Waals surface area (Å²) in [6.07, 6.45) is 0. The molecule has 0 aliphatic carbocycles. The van der Waals surface area contributed by atoms with E-state index in [2.05, 4.69) is 9.97 Å². The highest BCUT2D eigenvalue weighted by atomic mass is 32.2. The van der Waals surface area contributed by atoms with Crippen LogP contribution in [0.25, 0.3) is 0 Å². The molecule has 1 heterocycles. The Bertz CT molecular complexity index is 660. The van der Waals surface area contributed by atoms with Gasteiger partial charge in [-0.25, -0.2) is 14.4 Å². The lowest BCUT2D eigenvalue weighted by Crippen LogP contribution is -2.08. The van der Waals surface area contributed by atoms with Gasteiger partial charge in [0.25, 0.3) is 0 Å². The first-order chi connectivity index (χ1) is 9.79. The number of benzene rings is 1. The van der Waals surface area contributed by atoms with Gasteiger partial charge in [-0.3, -0.25) is 0 Å². The lowest BCUT2D eigenvalue weighted by atomic mass is 10.1. The van der Waals surface area contributed by atoms with Crippen LogP contribution in [0.15, 0.2) is 22.2 Å². The molecule has 3 nitrogen and oxygen atoms in total. The Morgan fingerprint density at radius 1 is 1.10 bits per heavy atom. The normalized spacial score (nSPS) is 12.5. The lowest BCUT2D eigenvalue weighted by Gasteiger charge is -2.14.